The Kier molecular flexibility index (Phi) is 5.81. The highest BCUT2D eigenvalue weighted by atomic mass is 35.5. The second-order valence-electron chi connectivity index (χ2n) is 6.73. The predicted octanol–water partition coefficient (Wildman–Crippen LogP) is 5.00. The summed E-state index contributed by atoms with van der Waals surface area (Å²) in [5.74, 6) is 0.657. The molecule has 4 rings (SSSR count). The van der Waals surface area contributed by atoms with E-state index in [0.717, 1.165) is 41.9 Å². The van der Waals surface area contributed by atoms with Crippen molar-refractivity contribution >= 4 is 17.3 Å². The number of nitrogens with one attached hydrogen (secondary N) is 1. The third kappa shape index (κ3) is 4.27. The first-order valence-corrected chi connectivity index (χ1v) is 9.92. The number of aromatic nitrogens is 5. The van der Waals surface area contributed by atoms with Crippen LogP contribution in [0.2, 0.25) is 5.15 Å². The zero-order valence-corrected chi connectivity index (χ0v) is 16.8. The average Bonchev–Trinajstić information content (AvgIpc) is 3.29. The lowest BCUT2D eigenvalue weighted by Crippen LogP contribution is -2.24. The van der Waals surface area contributed by atoms with Gasteiger partial charge in [0.05, 0.1) is 5.69 Å². The van der Waals surface area contributed by atoms with Crippen LogP contribution in [0.25, 0.3) is 22.5 Å². The lowest BCUT2D eigenvalue weighted by molar-refractivity contribution is 0.765. The molecule has 2 aromatic heterocycles. The molecule has 0 amide bonds. The maximum Gasteiger partial charge on any atom is 0.180 e. The smallest absolute Gasteiger partial charge is 0.180 e. The molecule has 1 N–H and O–H groups in total. The van der Waals surface area contributed by atoms with Crippen LogP contribution < -0.4 is 4.90 Å². The number of anilines is 1. The van der Waals surface area contributed by atoms with Gasteiger partial charge in [0.15, 0.2) is 11.0 Å². The van der Waals surface area contributed by atoms with Gasteiger partial charge in [-0.1, -0.05) is 67.1 Å². The van der Waals surface area contributed by atoms with Gasteiger partial charge in [-0.25, -0.2) is 10.1 Å². The van der Waals surface area contributed by atoms with Crippen LogP contribution in [-0.4, -0.2) is 32.2 Å². The molecule has 0 spiro atoms. The second-order valence-corrected chi connectivity index (χ2v) is 7.09. The number of aromatic amines is 1. The van der Waals surface area contributed by atoms with Gasteiger partial charge in [0.25, 0.3) is 0 Å². The maximum absolute atomic E-state index is 6.32. The van der Waals surface area contributed by atoms with Gasteiger partial charge in [0.2, 0.25) is 0 Å². The summed E-state index contributed by atoms with van der Waals surface area (Å²) >= 11 is 6.32. The minimum absolute atomic E-state index is 0.534. The molecule has 0 aliphatic rings. The molecule has 0 bridgehead atoms. The van der Waals surface area contributed by atoms with E-state index in [-0.39, 0.29) is 0 Å². The number of hydrogen-bond donors (Lipinski definition) is 1. The van der Waals surface area contributed by atoms with E-state index in [1.54, 1.807) is 6.20 Å². The normalized spacial score (nSPS) is 10.8. The fourth-order valence-corrected chi connectivity index (χ4v) is 3.63. The number of tetrazole rings is 1. The number of pyridine rings is 1. The van der Waals surface area contributed by atoms with Crippen LogP contribution in [0.3, 0.4) is 0 Å². The van der Waals surface area contributed by atoms with Gasteiger partial charge in [0, 0.05) is 24.8 Å². The summed E-state index contributed by atoms with van der Waals surface area (Å²) < 4.78 is 0. The van der Waals surface area contributed by atoms with Gasteiger partial charge in [-0.3, -0.25) is 0 Å². The molecule has 6 nitrogen and oxygen atoms in total. The Bertz CT molecular complexity index is 1060. The molecule has 146 valence electrons. The summed E-state index contributed by atoms with van der Waals surface area (Å²) in [7, 11) is 0. The number of H-pyrrole nitrogens is 1. The van der Waals surface area contributed by atoms with Crippen molar-refractivity contribution in [3.05, 3.63) is 77.6 Å². The van der Waals surface area contributed by atoms with Gasteiger partial charge >= 0.3 is 0 Å². The Labute approximate surface area is 174 Å². The van der Waals surface area contributed by atoms with E-state index in [2.05, 4.69) is 67.8 Å². The van der Waals surface area contributed by atoms with Crippen LogP contribution in [0, 0.1) is 0 Å². The molecule has 0 radical (unpaired) electrons. The molecular weight excluding hydrogens is 384 g/mol. The van der Waals surface area contributed by atoms with E-state index in [1.165, 1.54) is 5.56 Å². The first-order valence-electron chi connectivity index (χ1n) is 9.54. The number of benzene rings is 2. The van der Waals surface area contributed by atoms with Crippen molar-refractivity contribution in [2.24, 2.45) is 0 Å². The molecule has 0 unspecified atom stereocenters. The quantitative estimate of drug-likeness (QED) is 0.439. The van der Waals surface area contributed by atoms with Crippen molar-refractivity contribution in [2.75, 3.05) is 11.4 Å². The van der Waals surface area contributed by atoms with Crippen LogP contribution >= 0.6 is 11.6 Å². The summed E-state index contributed by atoms with van der Waals surface area (Å²) in [6.07, 6.45) is 2.74. The lowest BCUT2D eigenvalue weighted by Gasteiger charge is -2.25. The molecule has 0 aliphatic heterocycles. The Balaban J connectivity index is 1.59. The van der Waals surface area contributed by atoms with Crippen molar-refractivity contribution in [3.63, 3.8) is 0 Å². The molecule has 2 aromatic carbocycles. The van der Waals surface area contributed by atoms with Crippen LogP contribution in [-0.2, 0) is 6.54 Å². The largest absolute Gasteiger partial charge is 0.365 e. The van der Waals surface area contributed by atoms with Crippen LogP contribution in [0.4, 0.5) is 5.69 Å². The van der Waals surface area contributed by atoms with Crippen molar-refractivity contribution < 1.29 is 0 Å². The van der Waals surface area contributed by atoms with Crippen molar-refractivity contribution in [1.29, 1.82) is 0 Å². The van der Waals surface area contributed by atoms with Gasteiger partial charge in [-0.15, -0.1) is 5.10 Å². The predicted molar refractivity (Wildman–Crippen MR) is 116 cm³/mol. The highest BCUT2D eigenvalue weighted by Gasteiger charge is 2.13. The summed E-state index contributed by atoms with van der Waals surface area (Å²) in [4.78, 5) is 6.48. The van der Waals surface area contributed by atoms with Crippen molar-refractivity contribution in [3.8, 4) is 22.5 Å². The van der Waals surface area contributed by atoms with E-state index in [1.807, 2.05) is 30.3 Å². The fraction of sp³-hybridized carbons (Fsp3) is 0.182. The third-order valence-corrected chi connectivity index (χ3v) is 5.03. The van der Waals surface area contributed by atoms with Crippen molar-refractivity contribution in [2.45, 2.75) is 19.9 Å². The number of rotatable bonds is 7. The van der Waals surface area contributed by atoms with E-state index in [4.69, 9.17) is 11.6 Å². The Morgan fingerprint density at radius 2 is 1.76 bits per heavy atom. The third-order valence-electron chi connectivity index (χ3n) is 4.74. The molecule has 2 heterocycles. The van der Waals surface area contributed by atoms with Crippen molar-refractivity contribution in [1.82, 2.24) is 25.6 Å². The molecule has 0 aliphatic carbocycles. The molecule has 0 saturated heterocycles. The number of halogens is 1. The van der Waals surface area contributed by atoms with Gasteiger partial charge in [-0.05, 0) is 45.7 Å². The SMILES string of the molecule is CCCN(Cc1ccc(-c2ccccc2-c2nnn[nH]2)cc1)c1cccnc1Cl. The molecule has 0 saturated carbocycles. The molecule has 7 heteroatoms. The average molecular weight is 405 g/mol. The minimum atomic E-state index is 0.534. The molecule has 29 heavy (non-hydrogen) atoms. The topological polar surface area (TPSA) is 70.6 Å². The first kappa shape index (κ1) is 19.1. The highest BCUT2D eigenvalue weighted by molar-refractivity contribution is 6.32. The molecule has 0 fully saturated rings. The number of hydrogen-bond acceptors (Lipinski definition) is 5. The standard InChI is InChI=1S/C22H21ClN6/c1-2-14-29(20-8-5-13-24-21(20)23)15-16-9-11-17(12-10-16)18-6-3-4-7-19(18)22-25-27-28-26-22/h3-13H,2,14-15H2,1H3,(H,25,26,27,28). The van der Waals surface area contributed by atoms with Crippen LogP contribution in [0.15, 0.2) is 66.9 Å². The second kappa shape index (κ2) is 8.84. The Morgan fingerprint density at radius 1 is 0.966 bits per heavy atom. The maximum atomic E-state index is 6.32. The first-order chi connectivity index (χ1) is 14.3. The fourth-order valence-electron chi connectivity index (χ4n) is 3.39. The molecular formula is C22H21ClN6. The zero-order valence-electron chi connectivity index (χ0n) is 16.1. The van der Waals surface area contributed by atoms with Crippen LogP contribution in [0.5, 0.6) is 0 Å². The number of nitrogens with zero attached hydrogens (tertiary/aromatic N) is 5. The summed E-state index contributed by atoms with van der Waals surface area (Å²) in [6, 6.07) is 20.6. The van der Waals surface area contributed by atoms with Gasteiger partial charge in [0.1, 0.15) is 0 Å². The van der Waals surface area contributed by atoms with Crippen LogP contribution in [0.1, 0.15) is 18.9 Å². The van der Waals surface area contributed by atoms with E-state index < -0.39 is 0 Å². The van der Waals surface area contributed by atoms with E-state index in [0.29, 0.717) is 11.0 Å². The molecule has 4 aromatic rings. The van der Waals surface area contributed by atoms with Gasteiger partial charge < -0.3 is 4.90 Å². The Morgan fingerprint density at radius 3 is 2.45 bits per heavy atom. The van der Waals surface area contributed by atoms with E-state index >= 15 is 0 Å². The summed E-state index contributed by atoms with van der Waals surface area (Å²) in [5.41, 5.74) is 5.34. The minimum Gasteiger partial charge on any atom is -0.365 e. The molecule has 0 atom stereocenters. The summed E-state index contributed by atoms with van der Waals surface area (Å²) in [5, 5.41) is 14.8. The Hall–Kier alpha value is -3.25. The van der Waals surface area contributed by atoms with Gasteiger partial charge in [-0.2, -0.15) is 0 Å². The highest BCUT2D eigenvalue weighted by Crippen LogP contribution is 2.30. The van der Waals surface area contributed by atoms with E-state index in [9.17, 15) is 0 Å². The zero-order chi connectivity index (χ0) is 20.1. The summed E-state index contributed by atoms with van der Waals surface area (Å²) in [6.45, 7) is 3.84. The lowest BCUT2D eigenvalue weighted by atomic mass is 9.98. The monoisotopic (exact) mass is 404 g/mol.